The van der Waals surface area contributed by atoms with Crippen molar-refractivity contribution >= 4 is 56.7 Å². The van der Waals surface area contributed by atoms with E-state index in [2.05, 4.69) is 14.7 Å². The number of sulfonamides is 1. The monoisotopic (exact) mass is 860 g/mol. The number of rotatable bonds is 15. The molecule has 21 heteroatoms. The van der Waals surface area contributed by atoms with Crippen molar-refractivity contribution in [3.63, 3.8) is 0 Å². The third kappa shape index (κ3) is 10.3. The third-order valence-electron chi connectivity index (χ3n) is 8.76. The highest BCUT2D eigenvalue weighted by molar-refractivity contribution is 7.92. The number of pyridine rings is 2. The number of benzene rings is 2. The molecule has 57 heavy (non-hydrogen) atoms. The lowest BCUT2D eigenvalue weighted by molar-refractivity contribution is -0.377. The Bertz CT molecular complexity index is 2260. The second kappa shape index (κ2) is 17.2. The van der Waals surface area contributed by atoms with Crippen molar-refractivity contribution in [2.24, 2.45) is 5.92 Å². The average molecular weight is 862 g/mol. The number of aromatic amines is 1. The van der Waals surface area contributed by atoms with E-state index in [0.29, 0.717) is 16.5 Å². The Morgan fingerprint density at radius 1 is 1.00 bits per heavy atom. The van der Waals surface area contributed by atoms with Crippen molar-refractivity contribution in [1.29, 1.82) is 0 Å². The van der Waals surface area contributed by atoms with Gasteiger partial charge >= 0.3 is 18.8 Å². The van der Waals surface area contributed by atoms with Gasteiger partial charge in [0, 0.05) is 18.2 Å². The molecule has 0 radical (unpaired) electrons. The third-order valence-corrected chi connectivity index (χ3v) is 10.6. The van der Waals surface area contributed by atoms with Crippen LogP contribution in [0.4, 0.5) is 27.6 Å². The topological polar surface area (TPSA) is 177 Å². The molecule has 0 unspecified atom stereocenters. The normalized spacial score (nSPS) is 14.6. The van der Waals surface area contributed by atoms with Gasteiger partial charge in [-0.15, -0.1) is 0 Å². The highest BCUT2D eigenvalue weighted by atomic mass is 35.5. The van der Waals surface area contributed by atoms with Crippen LogP contribution in [0.3, 0.4) is 0 Å². The summed E-state index contributed by atoms with van der Waals surface area (Å²) >= 11 is 12.8. The number of fused-ring (bicyclic) bond motifs is 1. The molecule has 0 spiro atoms. The number of H-pyrrole nitrogens is 1. The summed E-state index contributed by atoms with van der Waals surface area (Å²) in [5.74, 6) is -2.97. The highest BCUT2D eigenvalue weighted by Crippen LogP contribution is 2.38. The lowest BCUT2D eigenvalue weighted by Crippen LogP contribution is -2.36. The van der Waals surface area contributed by atoms with Gasteiger partial charge in [0.15, 0.2) is 23.9 Å². The smallest absolute Gasteiger partial charge is 0.433 e. The molecule has 6 rings (SSSR count). The molecule has 2 aromatic heterocycles. The molecule has 0 saturated heterocycles. The van der Waals surface area contributed by atoms with Crippen LogP contribution in [0, 0.1) is 5.92 Å². The van der Waals surface area contributed by atoms with E-state index >= 15 is 0 Å². The number of nitrogens with zero attached hydrogens (tertiary/aromatic N) is 3. The molecule has 0 bridgehead atoms. The van der Waals surface area contributed by atoms with Crippen LogP contribution in [0.15, 0.2) is 67.1 Å². The van der Waals surface area contributed by atoms with E-state index < -0.39 is 65.5 Å². The first-order valence-corrected chi connectivity index (χ1v) is 19.2. The molecule has 4 aromatic rings. The van der Waals surface area contributed by atoms with E-state index in [4.69, 9.17) is 32.7 Å². The van der Waals surface area contributed by atoms with Crippen molar-refractivity contribution < 1.29 is 69.4 Å². The number of imide groups is 1. The molecule has 2 aromatic carbocycles. The first-order chi connectivity index (χ1) is 26.4. The van der Waals surface area contributed by atoms with E-state index in [1.54, 1.807) is 0 Å². The Morgan fingerprint density at radius 3 is 2.28 bits per heavy atom. The zero-order valence-electron chi connectivity index (χ0n) is 29.4. The van der Waals surface area contributed by atoms with Crippen LogP contribution in [0.25, 0.3) is 0 Å². The van der Waals surface area contributed by atoms with E-state index in [9.17, 15) is 44.8 Å². The van der Waals surface area contributed by atoms with Gasteiger partial charge in [-0.1, -0.05) is 35.3 Å². The van der Waals surface area contributed by atoms with Crippen LogP contribution in [0.1, 0.15) is 62.0 Å². The van der Waals surface area contributed by atoms with Gasteiger partial charge in [0.25, 0.3) is 11.8 Å². The SMILES string of the molecule is CS(=O)(=O)N(Cc1ccc(C(F)(F)F)nc1)c1ccc2c(c1)C(=O)N(CC(=O)O[C@@H](Cc1c(Cl)c[nH+]cc1Cl)c1ccc(OC(F)F)c(OCC3CC3)c1)C2=O.[OH-]. The number of carbonyl (C=O) groups is 3. The van der Waals surface area contributed by atoms with Crippen LogP contribution in [-0.4, -0.2) is 67.6 Å². The number of anilines is 1. The second-order valence-electron chi connectivity index (χ2n) is 12.9. The van der Waals surface area contributed by atoms with Gasteiger partial charge in [-0.25, -0.2) is 13.4 Å². The van der Waals surface area contributed by atoms with Gasteiger partial charge in [-0.05, 0) is 66.3 Å². The molecule has 2 aliphatic rings. The van der Waals surface area contributed by atoms with Crippen LogP contribution in [0.5, 0.6) is 11.5 Å². The summed E-state index contributed by atoms with van der Waals surface area (Å²) < 4.78 is 108. The summed E-state index contributed by atoms with van der Waals surface area (Å²) in [6.45, 7) is -4.28. The molecule has 1 fully saturated rings. The standard InChI is InChI=1S/C36H29Cl2F5N4O8S.H2O/c1-56(51,52)47(16-20-4-9-31(45-13-20)36(41,42)43)22-6-7-23-24(11-22)34(50)46(33(23)49)17-32(48)54-29(12-25-26(37)14-44-15-27(25)38)21-5-8-28(55-35(39)40)30(10-21)53-18-19-2-3-19;/h4-11,13-15,19,29,35H,2-3,12,16-18H2,1H3;1H2/t29-;/m0./s1. The summed E-state index contributed by atoms with van der Waals surface area (Å²) in [5, 5.41) is 0.352. The summed E-state index contributed by atoms with van der Waals surface area (Å²) in [4.78, 5) is 47.2. The minimum atomic E-state index is -4.71. The second-order valence-corrected chi connectivity index (χ2v) is 15.6. The summed E-state index contributed by atoms with van der Waals surface area (Å²) in [5.41, 5.74) is -0.981. The maximum atomic E-state index is 13.6. The Labute approximate surface area is 331 Å². The van der Waals surface area contributed by atoms with Gasteiger partial charge in [-0.2, -0.15) is 22.0 Å². The molecular formula is C36H31Cl2F5N4O9S. The van der Waals surface area contributed by atoms with Crippen LogP contribution >= 0.6 is 23.2 Å². The zero-order chi connectivity index (χ0) is 40.5. The molecule has 13 nitrogen and oxygen atoms in total. The van der Waals surface area contributed by atoms with Gasteiger partial charge < -0.3 is 19.7 Å². The Balaban J connectivity index is 0.00000620. The van der Waals surface area contributed by atoms with Crippen LogP contribution in [-0.2, 0) is 38.7 Å². The summed E-state index contributed by atoms with van der Waals surface area (Å²) in [6.07, 6.45) is 0.327. The molecule has 1 saturated carbocycles. The van der Waals surface area contributed by atoms with Gasteiger partial charge in [0.1, 0.15) is 28.4 Å². The molecule has 304 valence electrons. The number of hydrogen-bond donors (Lipinski definition) is 0. The highest BCUT2D eigenvalue weighted by Gasteiger charge is 2.39. The van der Waals surface area contributed by atoms with Gasteiger partial charge in [-0.3, -0.25) is 28.6 Å². The predicted molar refractivity (Wildman–Crippen MR) is 191 cm³/mol. The fourth-order valence-corrected chi connectivity index (χ4v) is 7.17. The number of esters is 1. The summed E-state index contributed by atoms with van der Waals surface area (Å²) in [6, 6.07) is 9.25. The zero-order valence-corrected chi connectivity index (χ0v) is 31.8. The van der Waals surface area contributed by atoms with Gasteiger partial charge in [0.05, 0.1) is 36.2 Å². The van der Waals surface area contributed by atoms with Crippen molar-refractivity contribution in [1.82, 2.24) is 9.88 Å². The van der Waals surface area contributed by atoms with Crippen molar-refractivity contribution in [3.05, 3.63) is 111 Å². The molecule has 1 aliphatic carbocycles. The Hall–Kier alpha value is -5.11. The number of hydrogen-bond acceptors (Lipinski definition) is 10. The molecular weight excluding hydrogens is 830 g/mol. The lowest BCUT2D eigenvalue weighted by Gasteiger charge is -2.23. The molecule has 3 heterocycles. The van der Waals surface area contributed by atoms with E-state index in [-0.39, 0.29) is 73.9 Å². The number of nitrogens with one attached hydrogen (secondary N) is 1. The predicted octanol–water partition coefficient (Wildman–Crippen LogP) is 6.52. The number of aromatic nitrogens is 2. The van der Waals surface area contributed by atoms with Gasteiger partial charge in [0.2, 0.25) is 10.0 Å². The minimum absolute atomic E-state index is 0. The number of carbonyl (C=O) groups excluding carboxylic acids is 3. The molecule has 1 aliphatic heterocycles. The number of halogens is 7. The minimum Gasteiger partial charge on any atom is -0.870 e. The fourth-order valence-electron chi connectivity index (χ4n) is 5.76. The Kier molecular flexibility index (Phi) is 13.0. The maximum Gasteiger partial charge on any atom is 0.433 e. The first kappa shape index (κ1) is 43.0. The quantitative estimate of drug-likeness (QED) is 0.0726. The molecule has 1 atom stereocenters. The largest absolute Gasteiger partial charge is 0.870 e. The van der Waals surface area contributed by atoms with E-state index in [1.165, 1.54) is 42.7 Å². The number of ether oxygens (including phenoxy) is 3. The maximum absolute atomic E-state index is 13.6. The van der Waals surface area contributed by atoms with Crippen molar-refractivity contribution in [3.8, 4) is 11.5 Å². The Morgan fingerprint density at radius 2 is 1.68 bits per heavy atom. The van der Waals surface area contributed by atoms with E-state index in [0.717, 1.165) is 41.7 Å². The van der Waals surface area contributed by atoms with Crippen LogP contribution in [0.2, 0.25) is 10.0 Å². The van der Waals surface area contributed by atoms with E-state index in [1.807, 2.05) is 0 Å². The van der Waals surface area contributed by atoms with Crippen molar-refractivity contribution in [2.75, 3.05) is 23.7 Å². The van der Waals surface area contributed by atoms with Crippen molar-refractivity contribution in [2.45, 2.75) is 44.7 Å². The molecule has 2 N–H and O–H groups in total. The lowest BCUT2D eigenvalue weighted by atomic mass is 10.0. The summed E-state index contributed by atoms with van der Waals surface area (Å²) in [7, 11) is -4.10. The number of alkyl halides is 5. The molecule has 2 amide bonds. The number of amides is 2. The first-order valence-electron chi connectivity index (χ1n) is 16.6. The average Bonchev–Trinajstić information content (AvgIpc) is 3.93. The van der Waals surface area contributed by atoms with Crippen LogP contribution < -0.4 is 18.8 Å². The fraction of sp³-hybridized carbons (Fsp3) is 0.306.